The van der Waals surface area contributed by atoms with E-state index in [1.807, 2.05) is 0 Å². The maximum absolute atomic E-state index is 12.6. The van der Waals surface area contributed by atoms with Crippen molar-refractivity contribution in [2.45, 2.75) is 19.4 Å². The Balaban J connectivity index is 1.98. The minimum absolute atomic E-state index is 0.108. The summed E-state index contributed by atoms with van der Waals surface area (Å²) < 4.78 is 5.20. The standard InChI is InChI=1S/C15H15Cl2N3O2/c1-8-12(15(21)19-9-5-6-18-7-9)14(20-22-8)13-10(16)3-2-4-11(13)17/h2-4,9,18H,5-7H2,1H3,(H,19,21). The van der Waals surface area contributed by atoms with Gasteiger partial charge in [-0.05, 0) is 32.0 Å². The van der Waals surface area contributed by atoms with Gasteiger partial charge < -0.3 is 15.2 Å². The Hall–Kier alpha value is -1.56. The average molecular weight is 340 g/mol. The van der Waals surface area contributed by atoms with Crippen LogP contribution in [0.5, 0.6) is 0 Å². The summed E-state index contributed by atoms with van der Waals surface area (Å²) in [5.74, 6) is 0.216. The van der Waals surface area contributed by atoms with Crippen molar-refractivity contribution in [1.29, 1.82) is 0 Å². The van der Waals surface area contributed by atoms with Crippen LogP contribution < -0.4 is 10.6 Å². The van der Waals surface area contributed by atoms with E-state index in [-0.39, 0.29) is 11.9 Å². The number of halogens is 2. The first-order valence-corrected chi connectivity index (χ1v) is 7.75. The van der Waals surface area contributed by atoms with Crippen LogP contribution in [-0.2, 0) is 0 Å². The van der Waals surface area contributed by atoms with Crippen LogP contribution in [0.3, 0.4) is 0 Å². The maximum Gasteiger partial charge on any atom is 0.257 e. The first kappa shape index (κ1) is 15.3. The third kappa shape index (κ3) is 2.84. The summed E-state index contributed by atoms with van der Waals surface area (Å²) >= 11 is 12.4. The summed E-state index contributed by atoms with van der Waals surface area (Å²) in [5.41, 5.74) is 1.26. The molecule has 116 valence electrons. The van der Waals surface area contributed by atoms with Gasteiger partial charge in [0.05, 0.1) is 10.0 Å². The van der Waals surface area contributed by atoms with Gasteiger partial charge in [0.15, 0.2) is 0 Å². The number of carbonyl (C=O) groups is 1. The third-order valence-electron chi connectivity index (χ3n) is 3.68. The smallest absolute Gasteiger partial charge is 0.257 e. The summed E-state index contributed by atoms with van der Waals surface area (Å²) in [6.45, 7) is 3.36. The molecule has 2 N–H and O–H groups in total. The molecule has 0 radical (unpaired) electrons. The number of amides is 1. The summed E-state index contributed by atoms with van der Waals surface area (Å²) in [7, 11) is 0. The first-order chi connectivity index (χ1) is 10.6. The molecule has 0 spiro atoms. The fourth-order valence-corrected chi connectivity index (χ4v) is 3.15. The quantitative estimate of drug-likeness (QED) is 0.901. The van der Waals surface area contributed by atoms with Gasteiger partial charge in [-0.2, -0.15) is 0 Å². The van der Waals surface area contributed by atoms with Crippen molar-refractivity contribution in [1.82, 2.24) is 15.8 Å². The van der Waals surface area contributed by atoms with E-state index in [9.17, 15) is 4.79 Å². The number of hydrogen-bond donors (Lipinski definition) is 2. The molecule has 1 aliphatic heterocycles. The lowest BCUT2D eigenvalue weighted by Gasteiger charge is -2.12. The second-order valence-corrected chi connectivity index (χ2v) is 6.04. The fraction of sp³-hybridized carbons (Fsp3) is 0.333. The molecule has 1 atom stereocenters. The van der Waals surface area contributed by atoms with E-state index in [1.165, 1.54) is 0 Å². The molecule has 5 nitrogen and oxygen atoms in total. The second-order valence-electron chi connectivity index (χ2n) is 5.22. The zero-order chi connectivity index (χ0) is 15.7. The van der Waals surface area contributed by atoms with Crippen LogP contribution in [0.4, 0.5) is 0 Å². The average Bonchev–Trinajstić information content (AvgIpc) is 3.09. The van der Waals surface area contributed by atoms with Crippen molar-refractivity contribution >= 4 is 29.1 Å². The van der Waals surface area contributed by atoms with E-state index >= 15 is 0 Å². The van der Waals surface area contributed by atoms with Crippen LogP contribution in [-0.4, -0.2) is 30.2 Å². The lowest BCUT2D eigenvalue weighted by molar-refractivity contribution is 0.0939. The van der Waals surface area contributed by atoms with Crippen LogP contribution in [0.2, 0.25) is 10.0 Å². The van der Waals surface area contributed by atoms with Gasteiger partial charge in [-0.3, -0.25) is 4.79 Å². The number of nitrogens with one attached hydrogen (secondary N) is 2. The second kappa shape index (κ2) is 6.28. The van der Waals surface area contributed by atoms with E-state index in [0.717, 1.165) is 19.5 Å². The Morgan fingerprint density at radius 3 is 2.77 bits per heavy atom. The lowest BCUT2D eigenvalue weighted by Crippen LogP contribution is -2.36. The normalized spacial score (nSPS) is 17.7. The molecule has 0 aliphatic carbocycles. The maximum atomic E-state index is 12.6. The molecule has 1 amide bonds. The first-order valence-electron chi connectivity index (χ1n) is 7.00. The number of nitrogens with zero attached hydrogens (tertiary/aromatic N) is 1. The van der Waals surface area contributed by atoms with Crippen LogP contribution in [0, 0.1) is 6.92 Å². The van der Waals surface area contributed by atoms with Gasteiger partial charge in [0.1, 0.15) is 17.0 Å². The Bertz CT molecular complexity index is 689. The molecule has 2 heterocycles. The summed E-state index contributed by atoms with van der Waals surface area (Å²) in [6.07, 6.45) is 0.901. The predicted molar refractivity (Wildman–Crippen MR) is 85.4 cm³/mol. The largest absolute Gasteiger partial charge is 0.360 e. The number of benzene rings is 1. The number of hydrogen-bond acceptors (Lipinski definition) is 4. The van der Waals surface area contributed by atoms with Gasteiger partial charge in [0, 0.05) is 18.2 Å². The zero-order valence-corrected chi connectivity index (χ0v) is 13.5. The Morgan fingerprint density at radius 2 is 2.14 bits per heavy atom. The van der Waals surface area contributed by atoms with Gasteiger partial charge in [-0.15, -0.1) is 0 Å². The highest BCUT2D eigenvalue weighted by Crippen LogP contribution is 2.36. The highest BCUT2D eigenvalue weighted by Gasteiger charge is 2.27. The monoisotopic (exact) mass is 339 g/mol. The van der Waals surface area contributed by atoms with Crippen molar-refractivity contribution in [3.05, 3.63) is 39.6 Å². The van der Waals surface area contributed by atoms with Crippen LogP contribution in [0.15, 0.2) is 22.7 Å². The minimum Gasteiger partial charge on any atom is -0.360 e. The van der Waals surface area contributed by atoms with Crippen molar-refractivity contribution in [2.24, 2.45) is 0 Å². The van der Waals surface area contributed by atoms with Crippen molar-refractivity contribution < 1.29 is 9.32 Å². The molecular weight excluding hydrogens is 325 g/mol. The van der Waals surface area contributed by atoms with Crippen molar-refractivity contribution in [3.8, 4) is 11.3 Å². The van der Waals surface area contributed by atoms with Crippen LogP contribution in [0.25, 0.3) is 11.3 Å². The highest BCUT2D eigenvalue weighted by atomic mass is 35.5. The number of carbonyl (C=O) groups excluding carboxylic acids is 1. The summed E-state index contributed by atoms with van der Waals surface area (Å²) in [6, 6.07) is 5.26. The molecule has 1 aromatic heterocycles. The number of rotatable bonds is 3. The van der Waals surface area contributed by atoms with E-state index in [4.69, 9.17) is 27.7 Å². The number of aryl methyl sites for hydroxylation is 1. The Labute approximate surface area is 138 Å². The van der Waals surface area contributed by atoms with Gasteiger partial charge in [0.25, 0.3) is 5.91 Å². The molecule has 1 unspecified atom stereocenters. The molecule has 7 heteroatoms. The van der Waals surface area contributed by atoms with Crippen molar-refractivity contribution in [2.75, 3.05) is 13.1 Å². The predicted octanol–water partition coefficient (Wildman–Crippen LogP) is 3.05. The highest BCUT2D eigenvalue weighted by molar-refractivity contribution is 6.39. The Kier molecular flexibility index (Phi) is 4.38. The fourth-order valence-electron chi connectivity index (χ4n) is 2.57. The summed E-state index contributed by atoms with van der Waals surface area (Å²) in [4.78, 5) is 12.6. The lowest BCUT2D eigenvalue weighted by atomic mass is 10.0. The van der Waals surface area contributed by atoms with E-state index in [1.54, 1.807) is 25.1 Å². The molecule has 0 bridgehead atoms. The minimum atomic E-state index is -0.224. The van der Waals surface area contributed by atoms with Crippen molar-refractivity contribution in [3.63, 3.8) is 0 Å². The molecule has 1 fully saturated rings. The van der Waals surface area contributed by atoms with Gasteiger partial charge in [-0.25, -0.2) is 0 Å². The zero-order valence-electron chi connectivity index (χ0n) is 12.0. The van der Waals surface area contributed by atoms with Crippen LogP contribution in [0.1, 0.15) is 22.5 Å². The topological polar surface area (TPSA) is 67.2 Å². The van der Waals surface area contributed by atoms with E-state index < -0.39 is 0 Å². The van der Waals surface area contributed by atoms with Gasteiger partial charge in [0.2, 0.25) is 0 Å². The molecule has 1 aromatic carbocycles. The molecule has 0 saturated carbocycles. The SMILES string of the molecule is Cc1onc(-c2c(Cl)cccc2Cl)c1C(=O)NC1CCNC1. The molecule has 22 heavy (non-hydrogen) atoms. The molecular formula is C15H15Cl2N3O2. The third-order valence-corrected chi connectivity index (χ3v) is 4.31. The summed E-state index contributed by atoms with van der Waals surface area (Å²) in [5, 5.41) is 11.0. The Morgan fingerprint density at radius 1 is 1.41 bits per heavy atom. The number of aromatic nitrogens is 1. The van der Waals surface area contributed by atoms with E-state index in [2.05, 4.69) is 15.8 Å². The van der Waals surface area contributed by atoms with Gasteiger partial charge in [-0.1, -0.05) is 34.4 Å². The molecule has 1 aliphatic rings. The van der Waals surface area contributed by atoms with Gasteiger partial charge >= 0.3 is 0 Å². The van der Waals surface area contributed by atoms with Crippen LogP contribution >= 0.6 is 23.2 Å². The molecule has 2 aromatic rings. The van der Waals surface area contributed by atoms with E-state index in [0.29, 0.717) is 32.6 Å². The molecule has 1 saturated heterocycles. The molecule has 3 rings (SSSR count).